The van der Waals surface area contributed by atoms with E-state index in [9.17, 15) is 4.79 Å². The summed E-state index contributed by atoms with van der Waals surface area (Å²) in [5.41, 5.74) is 5.97. The normalized spacial score (nSPS) is 11.6. The summed E-state index contributed by atoms with van der Waals surface area (Å²) in [7, 11) is 3.21. The van der Waals surface area contributed by atoms with Crippen molar-refractivity contribution in [1.82, 2.24) is 0 Å². The summed E-state index contributed by atoms with van der Waals surface area (Å²) in [6.07, 6.45) is 3.38. The van der Waals surface area contributed by atoms with Gasteiger partial charge in [-0.05, 0) is 54.0 Å². The van der Waals surface area contributed by atoms with Gasteiger partial charge in [0.05, 0.1) is 26.2 Å². The fourth-order valence-electron chi connectivity index (χ4n) is 4.73. The molecule has 5 aromatic rings. The predicted molar refractivity (Wildman–Crippen MR) is 146 cm³/mol. The van der Waals surface area contributed by atoms with Crippen LogP contribution in [0.2, 0.25) is 0 Å². The number of fused-ring (bicyclic) bond motifs is 2. The molecule has 0 saturated heterocycles. The number of rotatable bonds is 6. The fourth-order valence-corrected chi connectivity index (χ4v) is 4.73. The lowest BCUT2D eigenvalue weighted by molar-refractivity contribution is -0.111. The summed E-state index contributed by atoms with van der Waals surface area (Å²) in [6, 6.07) is 23.9. The van der Waals surface area contributed by atoms with Crippen molar-refractivity contribution < 1.29 is 18.7 Å². The number of anilines is 1. The van der Waals surface area contributed by atoms with Crippen LogP contribution in [-0.2, 0) is 4.79 Å². The molecule has 5 heteroatoms. The monoisotopic (exact) mass is 477 g/mol. The Hall–Kier alpha value is -4.51. The number of nitrogens with one attached hydrogen (secondary N) is 1. The first-order valence-corrected chi connectivity index (χ1v) is 11.7. The number of hydrogen-bond donors (Lipinski definition) is 1. The number of allylic oxidation sites excluding steroid dienone is 1. The van der Waals surface area contributed by atoms with Gasteiger partial charge in [-0.15, -0.1) is 0 Å². The quantitative estimate of drug-likeness (QED) is 0.256. The lowest BCUT2D eigenvalue weighted by Gasteiger charge is -2.14. The highest BCUT2D eigenvalue weighted by molar-refractivity contribution is 6.08. The van der Waals surface area contributed by atoms with Gasteiger partial charge in [-0.2, -0.15) is 0 Å². The van der Waals surface area contributed by atoms with E-state index in [-0.39, 0.29) is 5.91 Å². The van der Waals surface area contributed by atoms with Gasteiger partial charge in [0.25, 0.3) is 0 Å². The molecule has 0 atom stereocenters. The van der Waals surface area contributed by atoms with Crippen molar-refractivity contribution in [1.29, 1.82) is 0 Å². The minimum absolute atomic E-state index is 0.252. The van der Waals surface area contributed by atoms with Gasteiger partial charge in [0, 0.05) is 28.2 Å². The second-order valence-electron chi connectivity index (χ2n) is 8.65. The van der Waals surface area contributed by atoms with Crippen molar-refractivity contribution in [3.05, 3.63) is 96.3 Å². The number of amides is 1. The van der Waals surface area contributed by atoms with Gasteiger partial charge in [-0.1, -0.05) is 54.6 Å². The molecule has 4 aromatic carbocycles. The highest BCUT2D eigenvalue weighted by Crippen LogP contribution is 2.42. The Balaban J connectivity index is 1.61. The second kappa shape index (κ2) is 9.62. The highest BCUT2D eigenvalue weighted by atomic mass is 16.5. The molecule has 0 radical (unpaired) electrons. The fraction of sp³-hybridized carbons (Fsp3) is 0.129. The van der Waals surface area contributed by atoms with E-state index >= 15 is 0 Å². The number of aryl methyl sites for hydroxylation is 1. The Morgan fingerprint density at radius 1 is 0.889 bits per heavy atom. The zero-order valence-electron chi connectivity index (χ0n) is 20.7. The number of benzene rings is 4. The SMILES string of the molecule is COc1ccccc1NC(=O)/C=C(\C)c1cc2c(-c3cccc4ccccc34)coc2c(C)c1OC. The van der Waals surface area contributed by atoms with Crippen LogP contribution in [0, 0.1) is 6.92 Å². The Morgan fingerprint density at radius 2 is 1.64 bits per heavy atom. The molecule has 0 saturated carbocycles. The first kappa shape index (κ1) is 23.2. The summed E-state index contributed by atoms with van der Waals surface area (Å²) in [4.78, 5) is 12.9. The first-order chi connectivity index (χ1) is 17.5. The topological polar surface area (TPSA) is 60.7 Å². The van der Waals surface area contributed by atoms with Crippen molar-refractivity contribution in [2.45, 2.75) is 13.8 Å². The number of para-hydroxylation sites is 2. The van der Waals surface area contributed by atoms with Gasteiger partial charge in [0.2, 0.25) is 5.91 Å². The average molecular weight is 478 g/mol. The molecule has 180 valence electrons. The molecule has 5 rings (SSSR count). The van der Waals surface area contributed by atoms with Gasteiger partial charge in [-0.25, -0.2) is 0 Å². The van der Waals surface area contributed by atoms with Crippen LogP contribution in [0.1, 0.15) is 18.1 Å². The largest absolute Gasteiger partial charge is 0.496 e. The van der Waals surface area contributed by atoms with Crippen LogP contribution >= 0.6 is 0 Å². The van der Waals surface area contributed by atoms with E-state index in [1.165, 1.54) is 5.39 Å². The van der Waals surface area contributed by atoms with Crippen molar-refractivity contribution >= 4 is 38.9 Å². The molecule has 0 spiro atoms. The number of carbonyl (C=O) groups is 1. The molecule has 1 heterocycles. The van der Waals surface area contributed by atoms with Crippen molar-refractivity contribution in [3.63, 3.8) is 0 Å². The lowest BCUT2D eigenvalue weighted by atomic mass is 9.94. The van der Waals surface area contributed by atoms with Crippen LogP contribution in [0.25, 0.3) is 38.4 Å². The van der Waals surface area contributed by atoms with Crippen molar-refractivity contribution in [2.24, 2.45) is 0 Å². The molecule has 1 aromatic heterocycles. The lowest BCUT2D eigenvalue weighted by Crippen LogP contribution is -2.09. The third kappa shape index (κ3) is 4.09. The van der Waals surface area contributed by atoms with Crippen LogP contribution < -0.4 is 14.8 Å². The van der Waals surface area contributed by atoms with E-state index in [0.717, 1.165) is 44.2 Å². The Kier molecular flexibility index (Phi) is 6.21. The summed E-state index contributed by atoms with van der Waals surface area (Å²) in [6.45, 7) is 3.88. The molecular formula is C31H27NO4. The molecule has 0 aliphatic carbocycles. The molecule has 5 nitrogen and oxygen atoms in total. The third-order valence-corrected chi connectivity index (χ3v) is 6.47. The van der Waals surface area contributed by atoms with E-state index in [4.69, 9.17) is 13.9 Å². The van der Waals surface area contributed by atoms with E-state index in [1.54, 1.807) is 38.7 Å². The summed E-state index contributed by atoms with van der Waals surface area (Å²) >= 11 is 0. The van der Waals surface area contributed by atoms with Gasteiger partial charge >= 0.3 is 0 Å². The van der Waals surface area contributed by atoms with Crippen LogP contribution in [0.15, 0.2) is 89.6 Å². The minimum Gasteiger partial charge on any atom is -0.496 e. The molecule has 0 aliphatic rings. The predicted octanol–water partition coefficient (Wildman–Crippen LogP) is 7.62. The Morgan fingerprint density at radius 3 is 2.44 bits per heavy atom. The van der Waals surface area contributed by atoms with Crippen molar-refractivity contribution in [3.8, 4) is 22.6 Å². The second-order valence-corrected chi connectivity index (χ2v) is 8.65. The van der Waals surface area contributed by atoms with Crippen LogP contribution in [-0.4, -0.2) is 20.1 Å². The number of furan rings is 1. The molecule has 0 fully saturated rings. The van der Waals surface area contributed by atoms with E-state index < -0.39 is 0 Å². The average Bonchev–Trinajstić information content (AvgIpc) is 3.32. The van der Waals surface area contributed by atoms with Gasteiger partial charge < -0.3 is 19.2 Å². The number of hydrogen-bond acceptors (Lipinski definition) is 4. The highest BCUT2D eigenvalue weighted by Gasteiger charge is 2.20. The molecule has 1 N–H and O–H groups in total. The zero-order valence-corrected chi connectivity index (χ0v) is 20.7. The van der Waals surface area contributed by atoms with E-state index in [1.807, 2.05) is 44.2 Å². The molecule has 36 heavy (non-hydrogen) atoms. The van der Waals surface area contributed by atoms with E-state index in [2.05, 4.69) is 35.6 Å². The molecule has 0 aliphatic heterocycles. The Labute approximate surface area is 210 Å². The molecular weight excluding hydrogens is 450 g/mol. The third-order valence-electron chi connectivity index (χ3n) is 6.47. The van der Waals surface area contributed by atoms with Gasteiger partial charge in [0.1, 0.15) is 17.1 Å². The first-order valence-electron chi connectivity index (χ1n) is 11.7. The maximum absolute atomic E-state index is 12.9. The minimum atomic E-state index is -0.252. The van der Waals surface area contributed by atoms with Crippen LogP contribution in [0.4, 0.5) is 5.69 Å². The van der Waals surface area contributed by atoms with Crippen molar-refractivity contribution in [2.75, 3.05) is 19.5 Å². The van der Waals surface area contributed by atoms with Crippen LogP contribution in [0.5, 0.6) is 11.5 Å². The maximum Gasteiger partial charge on any atom is 0.248 e. The Bertz CT molecular complexity index is 1620. The molecule has 1 amide bonds. The number of ether oxygens (including phenoxy) is 2. The summed E-state index contributed by atoms with van der Waals surface area (Å²) in [5.74, 6) is 1.03. The molecule has 0 unspecified atom stereocenters. The smallest absolute Gasteiger partial charge is 0.248 e. The summed E-state index contributed by atoms with van der Waals surface area (Å²) < 4.78 is 17.2. The zero-order chi connectivity index (χ0) is 25.2. The maximum atomic E-state index is 12.9. The van der Waals surface area contributed by atoms with Crippen LogP contribution in [0.3, 0.4) is 0 Å². The standard InChI is InChI=1S/C31H27NO4/c1-19(16-29(33)32-27-14-7-8-15-28(27)34-3)24-17-25-26(18-36-31(25)20(2)30(24)35-4)23-13-9-11-21-10-5-6-12-22(21)23/h5-18H,1-4H3,(H,32,33)/b19-16+. The van der Waals surface area contributed by atoms with Gasteiger partial charge in [-0.3, -0.25) is 4.79 Å². The summed E-state index contributed by atoms with van der Waals surface area (Å²) in [5, 5.41) is 6.19. The number of carbonyl (C=O) groups excluding carboxylic acids is 1. The van der Waals surface area contributed by atoms with Gasteiger partial charge in [0.15, 0.2) is 0 Å². The molecule has 0 bridgehead atoms. The number of methoxy groups -OCH3 is 2. The van der Waals surface area contributed by atoms with E-state index in [0.29, 0.717) is 17.2 Å².